The number of aromatic nitrogens is 2. The van der Waals surface area contributed by atoms with Gasteiger partial charge in [-0.3, -0.25) is 4.79 Å². The molecule has 6 heteroatoms. The van der Waals surface area contributed by atoms with Gasteiger partial charge in [-0.1, -0.05) is 25.0 Å². The number of hydrogen-bond donors (Lipinski definition) is 2. The van der Waals surface area contributed by atoms with E-state index in [4.69, 9.17) is 5.73 Å². The smallest absolute Gasteiger partial charge is 0.256 e. The van der Waals surface area contributed by atoms with Gasteiger partial charge in [0.15, 0.2) is 0 Å². The molecule has 0 saturated heterocycles. The number of hydrogen-bond acceptors (Lipinski definition) is 3. The summed E-state index contributed by atoms with van der Waals surface area (Å²) in [4.78, 5) is 22.7. The number of anilines is 1. The van der Waals surface area contributed by atoms with Crippen LogP contribution in [0.4, 0.5) is 10.2 Å². The van der Waals surface area contributed by atoms with Crippen LogP contribution in [0.1, 0.15) is 41.2 Å². The Morgan fingerprint density at radius 3 is 2.62 bits per heavy atom. The first-order valence-corrected chi connectivity index (χ1v) is 10.0. The number of aromatic amines is 1. The summed E-state index contributed by atoms with van der Waals surface area (Å²) in [5, 5.41) is 0. The van der Waals surface area contributed by atoms with Gasteiger partial charge >= 0.3 is 0 Å². The van der Waals surface area contributed by atoms with E-state index in [1.807, 2.05) is 13.1 Å². The van der Waals surface area contributed by atoms with Crippen molar-refractivity contribution in [2.45, 2.75) is 25.2 Å². The number of amides is 1. The molecule has 5 nitrogen and oxygen atoms in total. The normalized spacial score (nSPS) is 18.8. The molecule has 1 aliphatic carbocycles. The molecule has 1 saturated carbocycles. The van der Waals surface area contributed by atoms with E-state index in [1.165, 1.54) is 25.0 Å². The minimum Gasteiger partial charge on any atom is -0.384 e. The zero-order valence-corrected chi connectivity index (χ0v) is 16.3. The van der Waals surface area contributed by atoms with Crippen molar-refractivity contribution in [1.82, 2.24) is 14.9 Å². The van der Waals surface area contributed by atoms with E-state index in [1.54, 1.807) is 29.3 Å². The lowest BCUT2D eigenvalue weighted by molar-refractivity contribution is 0.0761. The van der Waals surface area contributed by atoms with E-state index in [2.05, 4.69) is 9.97 Å². The van der Waals surface area contributed by atoms with Crippen LogP contribution >= 0.6 is 0 Å². The van der Waals surface area contributed by atoms with E-state index < -0.39 is 0 Å². The zero-order valence-electron chi connectivity index (χ0n) is 16.3. The highest BCUT2D eigenvalue weighted by molar-refractivity contribution is 6.07. The van der Waals surface area contributed by atoms with Gasteiger partial charge in [-0.2, -0.15) is 0 Å². The molecule has 1 atom stereocenters. The monoisotopic (exact) mass is 390 g/mol. The maximum atomic E-state index is 13.6. The molecule has 0 spiro atoms. The highest BCUT2D eigenvalue weighted by Gasteiger charge is 2.38. The van der Waals surface area contributed by atoms with E-state index in [0.29, 0.717) is 17.9 Å². The number of benzene rings is 1. The second kappa shape index (κ2) is 6.72. The third-order valence-corrected chi connectivity index (χ3v) is 6.01. The maximum absolute atomic E-state index is 13.6. The number of likely N-dealkylation sites (N-methyl/N-ethyl adjacent to an activating group) is 1. The third kappa shape index (κ3) is 3.18. The van der Waals surface area contributed by atoms with Crippen molar-refractivity contribution in [3.8, 4) is 22.4 Å². The average molecular weight is 390 g/mol. The Morgan fingerprint density at radius 1 is 1.17 bits per heavy atom. The van der Waals surface area contributed by atoms with Crippen LogP contribution in [-0.2, 0) is 0 Å². The highest BCUT2D eigenvalue weighted by Crippen LogP contribution is 2.46. The lowest BCUT2D eigenvalue weighted by atomic mass is 9.88. The van der Waals surface area contributed by atoms with Crippen LogP contribution < -0.4 is 5.73 Å². The number of nitrogens with one attached hydrogen (secondary N) is 1. The largest absolute Gasteiger partial charge is 0.384 e. The van der Waals surface area contributed by atoms with Crippen LogP contribution in [-0.4, -0.2) is 34.4 Å². The van der Waals surface area contributed by atoms with Gasteiger partial charge in [-0.25, -0.2) is 9.37 Å². The first kappa shape index (κ1) is 17.9. The number of fused-ring (bicyclic) bond motifs is 1. The average Bonchev–Trinajstić information content (AvgIpc) is 3.43. The van der Waals surface area contributed by atoms with Crippen molar-refractivity contribution in [3.05, 3.63) is 59.7 Å². The van der Waals surface area contributed by atoms with Crippen molar-refractivity contribution in [3.63, 3.8) is 0 Å². The molecule has 3 heterocycles. The molecule has 3 aromatic rings. The summed E-state index contributed by atoms with van der Waals surface area (Å²) in [6.07, 6.45) is 5.27. The molecule has 148 valence electrons. The minimum absolute atomic E-state index is 0.00380. The summed E-state index contributed by atoms with van der Waals surface area (Å²) in [6.45, 7) is 0.712. The molecule has 3 N–H and O–H groups in total. The van der Waals surface area contributed by atoms with Crippen LogP contribution in [0.3, 0.4) is 0 Å². The molecule has 2 aliphatic rings. The molecule has 29 heavy (non-hydrogen) atoms. The van der Waals surface area contributed by atoms with Gasteiger partial charge in [0.2, 0.25) is 0 Å². The predicted octanol–water partition coefficient (Wildman–Crippen LogP) is 4.43. The van der Waals surface area contributed by atoms with Gasteiger partial charge in [0.25, 0.3) is 5.91 Å². The minimum atomic E-state index is -0.303. The van der Waals surface area contributed by atoms with E-state index in [9.17, 15) is 9.18 Å². The van der Waals surface area contributed by atoms with E-state index in [-0.39, 0.29) is 17.6 Å². The Kier molecular flexibility index (Phi) is 4.15. The second-order valence-corrected chi connectivity index (χ2v) is 8.20. The van der Waals surface area contributed by atoms with Gasteiger partial charge in [0, 0.05) is 42.5 Å². The number of rotatable bonds is 4. The van der Waals surface area contributed by atoms with E-state index in [0.717, 1.165) is 40.4 Å². The van der Waals surface area contributed by atoms with Crippen LogP contribution in [0, 0.1) is 11.7 Å². The van der Waals surface area contributed by atoms with Crippen molar-refractivity contribution in [2.75, 3.05) is 19.3 Å². The molecular weight excluding hydrogens is 367 g/mol. The molecule has 1 aliphatic heterocycles. The van der Waals surface area contributed by atoms with E-state index >= 15 is 0 Å². The summed E-state index contributed by atoms with van der Waals surface area (Å²) >= 11 is 0. The molecule has 0 bridgehead atoms. The molecule has 1 unspecified atom stereocenters. The summed E-state index contributed by atoms with van der Waals surface area (Å²) in [6, 6.07) is 9.99. The topological polar surface area (TPSA) is 75.0 Å². The van der Waals surface area contributed by atoms with Gasteiger partial charge in [-0.05, 0) is 42.2 Å². The van der Waals surface area contributed by atoms with Gasteiger partial charge < -0.3 is 15.6 Å². The summed E-state index contributed by atoms with van der Waals surface area (Å²) in [7, 11) is 1.86. The molecule has 2 aromatic heterocycles. The first-order valence-electron chi connectivity index (χ1n) is 10.0. The number of H-pyrrole nitrogens is 1. The fourth-order valence-corrected chi connectivity index (χ4v) is 4.42. The van der Waals surface area contributed by atoms with Crippen molar-refractivity contribution < 1.29 is 9.18 Å². The van der Waals surface area contributed by atoms with Crippen LogP contribution in [0.25, 0.3) is 22.4 Å². The Morgan fingerprint density at radius 2 is 1.93 bits per heavy atom. The second-order valence-electron chi connectivity index (χ2n) is 8.20. The number of nitrogens with zero attached hydrogens (tertiary/aromatic N) is 2. The standard InChI is InChI=1S/C23H23FN4O/c1-28-12-16(10-13-2-3-13)22-20(23(28)29)19(14-4-6-17(24)7-5-14)21(27-22)15-8-9-26-18(25)11-15/h4-9,11,13,16,27H,2-3,10,12H2,1H3,(H2,25,26). The number of pyridine rings is 1. The molecular formula is C23H23FN4O. The van der Waals surface area contributed by atoms with Gasteiger partial charge in [0.1, 0.15) is 11.6 Å². The van der Waals surface area contributed by atoms with Gasteiger partial charge in [-0.15, -0.1) is 0 Å². The Balaban J connectivity index is 1.75. The summed E-state index contributed by atoms with van der Waals surface area (Å²) in [5.74, 6) is 1.12. The zero-order chi connectivity index (χ0) is 20.1. The Labute approximate surface area is 168 Å². The SMILES string of the molecule is CN1CC(CC2CC2)c2[nH]c(-c3ccnc(N)c3)c(-c3ccc(F)cc3)c2C1=O. The number of nitrogen functional groups attached to an aromatic ring is 1. The lowest BCUT2D eigenvalue weighted by Gasteiger charge is -2.30. The summed E-state index contributed by atoms with van der Waals surface area (Å²) < 4.78 is 13.6. The Hall–Kier alpha value is -3.15. The third-order valence-electron chi connectivity index (χ3n) is 6.01. The number of nitrogens with two attached hydrogens (primary N) is 1. The van der Waals surface area contributed by atoms with Crippen molar-refractivity contribution in [2.24, 2.45) is 5.92 Å². The van der Waals surface area contributed by atoms with Crippen LogP contribution in [0.15, 0.2) is 42.6 Å². The molecule has 0 radical (unpaired) electrons. The number of carbonyl (C=O) groups excluding carboxylic acids is 1. The molecule has 1 amide bonds. The molecule has 1 aromatic carbocycles. The van der Waals surface area contributed by atoms with Crippen LogP contribution in [0.2, 0.25) is 0 Å². The quantitative estimate of drug-likeness (QED) is 0.692. The van der Waals surface area contributed by atoms with Gasteiger partial charge in [0.05, 0.1) is 11.3 Å². The van der Waals surface area contributed by atoms with Crippen molar-refractivity contribution in [1.29, 1.82) is 0 Å². The maximum Gasteiger partial charge on any atom is 0.256 e. The Bertz CT molecular complexity index is 1080. The number of halogens is 1. The molecule has 1 fully saturated rings. The number of carbonyl (C=O) groups is 1. The predicted molar refractivity (Wildman–Crippen MR) is 111 cm³/mol. The highest BCUT2D eigenvalue weighted by atomic mass is 19.1. The summed E-state index contributed by atoms with van der Waals surface area (Å²) in [5.41, 5.74) is 10.9. The van der Waals surface area contributed by atoms with Crippen molar-refractivity contribution >= 4 is 11.7 Å². The fraction of sp³-hybridized carbons (Fsp3) is 0.304. The van der Waals surface area contributed by atoms with Crippen LogP contribution in [0.5, 0.6) is 0 Å². The first-order chi connectivity index (χ1) is 14.0. The lowest BCUT2D eigenvalue weighted by Crippen LogP contribution is -2.37. The molecule has 5 rings (SSSR count). The fourth-order valence-electron chi connectivity index (χ4n) is 4.42.